The van der Waals surface area contributed by atoms with Crippen LogP contribution >= 0.6 is 27.7 Å². The van der Waals surface area contributed by atoms with Gasteiger partial charge in [-0.3, -0.25) is 10.2 Å². The number of hydrazone groups is 1. The first-order valence-corrected chi connectivity index (χ1v) is 8.86. The lowest BCUT2D eigenvalue weighted by molar-refractivity contribution is -0.110. The van der Waals surface area contributed by atoms with Crippen LogP contribution in [0.15, 0.2) is 69.3 Å². The minimum Gasteiger partial charge on any atom is -0.292 e. The monoisotopic (exact) mass is 416 g/mol. The SMILES string of the molecule is CC(=O)/C(=N\Nc1ccc(Br)cc1)Sc1nnnn1-c1ccccc1. The Morgan fingerprint density at radius 3 is 2.56 bits per heavy atom. The standard InChI is InChI=1S/C16H13BrN6OS/c1-11(24)15(19-18-13-9-7-12(17)8-10-13)25-16-20-21-22-23(16)14-5-3-2-4-6-14/h2-10,18H,1H3/b19-15+. The van der Waals surface area contributed by atoms with Gasteiger partial charge in [-0.15, -0.1) is 5.10 Å². The number of nitrogens with one attached hydrogen (secondary N) is 1. The zero-order valence-electron chi connectivity index (χ0n) is 13.1. The van der Waals surface area contributed by atoms with E-state index >= 15 is 0 Å². The van der Waals surface area contributed by atoms with E-state index in [0.717, 1.165) is 27.6 Å². The van der Waals surface area contributed by atoms with E-state index in [-0.39, 0.29) is 10.8 Å². The molecule has 0 atom stereocenters. The van der Waals surface area contributed by atoms with Crippen LogP contribution < -0.4 is 5.43 Å². The average Bonchev–Trinajstić information content (AvgIpc) is 3.08. The van der Waals surface area contributed by atoms with E-state index in [1.807, 2.05) is 54.6 Å². The van der Waals surface area contributed by atoms with Crippen LogP contribution in [0.3, 0.4) is 0 Å². The number of anilines is 1. The third-order valence-corrected chi connectivity index (χ3v) is 4.60. The fourth-order valence-electron chi connectivity index (χ4n) is 1.87. The molecule has 25 heavy (non-hydrogen) atoms. The van der Waals surface area contributed by atoms with Crippen molar-refractivity contribution in [3.05, 3.63) is 59.1 Å². The van der Waals surface area contributed by atoms with Crippen molar-refractivity contribution in [3.63, 3.8) is 0 Å². The Balaban J connectivity index is 1.81. The first kappa shape index (κ1) is 17.3. The number of thioether (sulfide) groups is 1. The second kappa shape index (κ2) is 8.04. The number of nitrogens with zero attached hydrogens (tertiary/aromatic N) is 5. The maximum atomic E-state index is 11.9. The summed E-state index contributed by atoms with van der Waals surface area (Å²) in [7, 11) is 0. The molecule has 7 nitrogen and oxygen atoms in total. The molecular weight excluding hydrogens is 404 g/mol. The van der Waals surface area contributed by atoms with E-state index < -0.39 is 0 Å². The average molecular weight is 417 g/mol. The lowest BCUT2D eigenvalue weighted by Crippen LogP contribution is -2.10. The maximum Gasteiger partial charge on any atom is 0.220 e. The Hall–Kier alpha value is -2.52. The van der Waals surface area contributed by atoms with E-state index in [0.29, 0.717) is 5.16 Å². The molecule has 126 valence electrons. The van der Waals surface area contributed by atoms with Crippen molar-refractivity contribution >= 4 is 44.2 Å². The molecule has 0 fully saturated rings. The molecule has 1 aromatic heterocycles. The lowest BCUT2D eigenvalue weighted by Gasteiger charge is -2.06. The molecule has 0 aliphatic rings. The van der Waals surface area contributed by atoms with Crippen LogP contribution in [0.4, 0.5) is 5.69 Å². The van der Waals surface area contributed by atoms with Crippen molar-refractivity contribution in [3.8, 4) is 5.69 Å². The van der Waals surface area contributed by atoms with Gasteiger partial charge in [-0.2, -0.15) is 9.78 Å². The van der Waals surface area contributed by atoms with Gasteiger partial charge in [-0.1, -0.05) is 34.1 Å². The summed E-state index contributed by atoms with van der Waals surface area (Å²) in [6.45, 7) is 1.45. The Bertz CT molecular complexity index is 895. The van der Waals surface area contributed by atoms with Crippen molar-refractivity contribution in [1.82, 2.24) is 20.2 Å². The van der Waals surface area contributed by atoms with E-state index in [9.17, 15) is 4.79 Å². The number of rotatable bonds is 5. The zero-order valence-corrected chi connectivity index (χ0v) is 15.5. The maximum absolute atomic E-state index is 11.9. The number of hydrogen-bond acceptors (Lipinski definition) is 7. The van der Waals surface area contributed by atoms with Gasteiger partial charge in [0.15, 0.2) is 10.8 Å². The van der Waals surface area contributed by atoms with Crippen LogP contribution in [-0.2, 0) is 4.79 Å². The molecule has 1 N–H and O–H groups in total. The lowest BCUT2D eigenvalue weighted by atomic mass is 10.3. The highest BCUT2D eigenvalue weighted by atomic mass is 79.9. The van der Waals surface area contributed by atoms with Crippen molar-refractivity contribution in [2.45, 2.75) is 12.1 Å². The van der Waals surface area contributed by atoms with Gasteiger partial charge >= 0.3 is 0 Å². The quantitative estimate of drug-likeness (QED) is 0.296. The number of carbonyl (C=O) groups is 1. The fraction of sp³-hybridized carbons (Fsp3) is 0.0625. The van der Waals surface area contributed by atoms with E-state index in [1.54, 1.807) is 4.68 Å². The summed E-state index contributed by atoms with van der Waals surface area (Å²) in [6.07, 6.45) is 0. The topological polar surface area (TPSA) is 85.1 Å². The molecule has 0 aliphatic carbocycles. The molecule has 0 aliphatic heterocycles. The molecule has 0 saturated heterocycles. The van der Waals surface area contributed by atoms with Gasteiger partial charge < -0.3 is 0 Å². The van der Waals surface area contributed by atoms with Gasteiger partial charge in [0, 0.05) is 11.4 Å². The summed E-state index contributed by atoms with van der Waals surface area (Å²) in [5, 5.41) is 16.5. The largest absolute Gasteiger partial charge is 0.292 e. The van der Waals surface area contributed by atoms with E-state index in [2.05, 4.69) is 42.0 Å². The summed E-state index contributed by atoms with van der Waals surface area (Å²) >= 11 is 4.47. The molecule has 0 saturated carbocycles. The molecule has 3 rings (SSSR count). The van der Waals surface area contributed by atoms with Crippen LogP contribution in [0.2, 0.25) is 0 Å². The number of halogens is 1. The molecule has 2 aromatic carbocycles. The van der Waals surface area contributed by atoms with Crippen LogP contribution in [0.1, 0.15) is 6.92 Å². The van der Waals surface area contributed by atoms with Crippen LogP contribution in [0, 0.1) is 0 Å². The molecule has 0 bridgehead atoms. The molecule has 3 aromatic rings. The number of para-hydroxylation sites is 1. The number of Topliss-reactive ketones (excluding diaryl/α,β-unsaturated/α-hetero) is 1. The highest BCUT2D eigenvalue weighted by Gasteiger charge is 2.16. The second-order valence-corrected chi connectivity index (χ2v) is 6.77. The summed E-state index contributed by atoms with van der Waals surface area (Å²) in [5.41, 5.74) is 4.45. The molecule has 9 heteroatoms. The zero-order chi connectivity index (χ0) is 17.6. The Morgan fingerprint density at radius 1 is 1.16 bits per heavy atom. The first-order valence-electron chi connectivity index (χ1n) is 7.25. The highest BCUT2D eigenvalue weighted by Crippen LogP contribution is 2.21. The Kier molecular flexibility index (Phi) is 5.56. The van der Waals surface area contributed by atoms with Crippen LogP contribution in [-0.4, -0.2) is 31.0 Å². The molecule has 0 radical (unpaired) electrons. The van der Waals surface area contributed by atoms with Crippen LogP contribution in [0.25, 0.3) is 5.69 Å². The van der Waals surface area contributed by atoms with Crippen molar-refractivity contribution < 1.29 is 4.79 Å². The molecular formula is C16H13BrN6OS. The Morgan fingerprint density at radius 2 is 1.88 bits per heavy atom. The number of benzene rings is 2. The third kappa shape index (κ3) is 4.52. The van der Waals surface area contributed by atoms with Crippen molar-refractivity contribution in [1.29, 1.82) is 0 Å². The Labute approximate surface area is 156 Å². The summed E-state index contributed by atoms with van der Waals surface area (Å²) in [5.74, 6) is -0.183. The predicted octanol–water partition coefficient (Wildman–Crippen LogP) is 3.53. The third-order valence-electron chi connectivity index (χ3n) is 3.06. The van der Waals surface area contributed by atoms with Crippen LogP contribution in [0.5, 0.6) is 0 Å². The number of hydrogen-bond donors (Lipinski definition) is 1. The normalized spacial score (nSPS) is 11.4. The van der Waals surface area contributed by atoms with Gasteiger partial charge in [-0.25, -0.2) is 0 Å². The molecule has 1 heterocycles. The minimum atomic E-state index is -0.183. The van der Waals surface area contributed by atoms with Crippen molar-refractivity contribution in [2.75, 3.05) is 5.43 Å². The van der Waals surface area contributed by atoms with Gasteiger partial charge in [0.05, 0.1) is 11.4 Å². The summed E-state index contributed by atoms with van der Waals surface area (Å²) in [4.78, 5) is 11.9. The summed E-state index contributed by atoms with van der Waals surface area (Å²) < 4.78 is 2.52. The minimum absolute atomic E-state index is 0.183. The van der Waals surface area contributed by atoms with E-state index in [4.69, 9.17) is 0 Å². The predicted molar refractivity (Wildman–Crippen MR) is 101 cm³/mol. The van der Waals surface area contributed by atoms with Gasteiger partial charge in [0.25, 0.3) is 0 Å². The summed E-state index contributed by atoms with van der Waals surface area (Å²) in [6, 6.07) is 16.9. The molecule has 0 unspecified atom stereocenters. The molecule has 0 amide bonds. The van der Waals surface area contributed by atoms with Gasteiger partial charge in [-0.05, 0) is 58.6 Å². The number of ketones is 1. The number of tetrazole rings is 1. The fourth-order valence-corrected chi connectivity index (χ4v) is 2.85. The molecule has 0 spiro atoms. The van der Waals surface area contributed by atoms with Crippen molar-refractivity contribution in [2.24, 2.45) is 5.10 Å². The smallest absolute Gasteiger partial charge is 0.220 e. The van der Waals surface area contributed by atoms with E-state index in [1.165, 1.54) is 6.92 Å². The highest BCUT2D eigenvalue weighted by molar-refractivity contribution is 9.10. The van der Waals surface area contributed by atoms with Gasteiger partial charge in [0.2, 0.25) is 5.16 Å². The van der Waals surface area contributed by atoms with Gasteiger partial charge in [0.1, 0.15) is 0 Å². The number of aromatic nitrogens is 4. The second-order valence-electron chi connectivity index (χ2n) is 4.90. The number of carbonyl (C=O) groups excluding carboxylic acids is 1. The first-order chi connectivity index (χ1) is 12.1.